The zero-order valence-corrected chi connectivity index (χ0v) is 19.1. The summed E-state index contributed by atoms with van der Waals surface area (Å²) in [5.41, 5.74) is 5.41. The molecule has 3 aromatic rings. The first kappa shape index (κ1) is 21.0. The number of amides is 1. The smallest absolute Gasteiger partial charge is 0.255 e. The molecule has 164 valence electrons. The van der Waals surface area contributed by atoms with Crippen LogP contribution in [-0.4, -0.2) is 47.9 Å². The van der Waals surface area contributed by atoms with Gasteiger partial charge < -0.3 is 10.2 Å². The Morgan fingerprint density at radius 2 is 1.66 bits per heavy atom. The molecule has 1 N–H and O–H groups in total. The Bertz CT molecular complexity index is 1060. The largest absolute Gasteiger partial charge is 0.384 e. The molecule has 3 aromatic carbocycles. The molecule has 0 aromatic heterocycles. The van der Waals surface area contributed by atoms with Gasteiger partial charge in [-0.15, -0.1) is 0 Å². The van der Waals surface area contributed by atoms with Crippen LogP contribution < -0.4 is 5.32 Å². The highest BCUT2D eigenvalue weighted by Gasteiger charge is 2.33. The fourth-order valence-electron chi connectivity index (χ4n) is 5.05. The van der Waals surface area contributed by atoms with Gasteiger partial charge in [-0.05, 0) is 42.2 Å². The number of piperazine rings is 1. The summed E-state index contributed by atoms with van der Waals surface area (Å²) in [7, 11) is 0. The number of hydrogen-bond acceptors (Lipinski definition) is 3. The van der Waals surface area contributed by atoms with Gasteiger partial charge in [0.25, 0.3) is 5.91 Å². The second-order valence-electron chi connectivity index (χ2n) is 8.73. The molecule has 5 heteroatoms. The van der Waals surface area contributed by atoms with E-state index in [-0.39, 0.29) is 18.0 Å². The lowest BCUT2D eigenvalue weighted by molar-refractivity contribution is 0.0428. The van der Waals surface area contributed by atoms with E-state index in [4.69, 9.17) is 11.6 Å². The van der Waals surface area contributed by atoms with Gasteiger partial charge in [0.05, 0.1) is 16.6 Å². The van der Waals surface area contributed by atoms with Crippen molar-refractivity contribution in [2.45, 2.75) is 25.4 Å². The van der Waals surface area contributed by atoms with E-state index in [2.05, 4.69) is 77.8 Å². The van der Waals surface area contributed by atoms with Crippen molar-refractivity contribution in [1.29, 1.82) is 0 Å². The molecule has 0 spiro atoms. The van der Waals surface area contributed by atoms with Crippen molar-refractivity contribution >= 4 is 23.2 Å². The molecular weight excluding hydrogens is 418 g/mol. The van der Waals surface area contributed by atoms with E-state index in [0.717, 1.165) is 31.7 Å². The maximum atomic E-state index is 13.4. The number of anilines is 1. The molecule has 0 unspecified atom stereocenters. The van der Waals surface area contributed by atoms with Crippen LogP contribution in [0.1, 0.15) is 40.0 Å². The van der Waals surface area contributed by atoms with Crippen LogP contribution in [0.25, 0.3) is 0 Å². The van der Waals surface area contributed by atoms with E-state index in [1.54, 1.807) is 0 Å². The van der Waals surface area contributed by atoms with Crippen molar-refractivity contribution in [1.82, 2.24) is 9.80 Å². The highest BCUT2D eigenvalue weighted by Crippen LogP contribution is 2.33. The Kier molecular flexibility index (Phi) is 5.90. The van der Waals surface area contributed by atoms with Gasteiger partial charge >= 0.3 is 0 Å². The summed E-state index contributed by atoms with van der Waals surface area (Å²) in [6.45, 7) is 5.35. The van der Waals surface area contributed by atoms with Gasteiger partial charge in [-0.1, -0.05) is 72.3 Å². The molecule has 1 saturated heterocycles. The number of carbonyl (C=O) groups excluding carboxylic acids is 1. The third kappa shape index (κ3) is 4.01. The van der Waals surface area contributed by atoms with Crippen molar-refractivity contribution in [2.75, 3.05) is 31.5 Å². The first-order chi connectivity index (χ1) is 15.6. The molecular formula is C27H28ClN3O. The van der Waals surface area contributed by atoms with Gasteiger partial charge in [0.15, 0.2) is 0 Å². The first-order valence-corrected chi connectivity index (χ1v) is 11.7. The van der Waals surface area contributed by atoms with Crippen LogP contribution in [-0.2, 0) is 6.42 Å². The van der Waals surface area contributed by atoms with Crippen LogP contribution in [0.3, 0.4) is 0 Å². The number of fused-ring (bicyclic) bond motifs is 1. The van der Waals surface area contributed by atoms with Gasteiger partial charge in [-0.2, -0.15) is 0 Å². The summed E-state index contributed by atoms with van der Waals surface area (Å²) in [6, 6.07) is 25.4. The van der Waals surface area contributed by atoms with Crippen molar-refractivity contribution in [3.8, 4) is 0 Å². The molecule has 5 rings (SSSR count). The molecule has 2 aliphatic rings. The average Bonchev–Trinajstić information content (AvgIpc) is 3.27. The summed E-state index contributed by atoms with van der Waals surface area (Å²) in [4.78, 5) is 17.9. The SMILES string of the molecule is C[C@@H]1CN(C(c2ccccc2)c2ccccc2)CCN1C(=O)c1cc2c(cc1Cl)NCC2. The maximum Gasteiger partial charge on any atom is 0.255 e. The Hall–Kier alpha value is -2.82. The molecule has 0 saturated carbocycles. The average molecular weight is 446 g/mol. The summed E-state index contributed by atoms with van der Waals surface area (Å²) in [6.07, 6.45) is 0.936. The normalized spacial score (nSPS) is 18.5. The van der Waals surface area contributed by atoms with Crippen LogP contribution in [0.15, 0.2) is 72.8 Å². The van der Waals surface area contributed by atoms with Gasteiger partial charge in [0.1, 0.15) is 0 Å². The summed E-state index contributed by atoms with van der Waals surface area (Å²) >= 11 is 6.51. The van der Waals surface area contributed by atoms with Crippen molar-refractivity contribution in [2.24, 2.45) is 0 Å². The van der Waals surface area contributed by atoms with Gasteiger partial charge in [-0.25, -0.2) is 0 Å². The monoisotopic (exact) mass is 445 g/mol. The van der Waals surface area contributed by atoms with Crippen molar-refractivity contribution in [3.05, 3.63) is 100 Å². The predicted molar refractivity (Wildman–Crippen MR) is 130 cm³/mol. The van der Waals surface area contributed by atoms with E-state index < -0.39 is 0 Å². The molecule has 2 aliphatic heterocycles. The van der Waals surface area contributed by atoms with Gasteiger partial charge in [0, 0.05) is 37.9 Å². The van der Waals surface area contributed by atoms with E-state index in [1.807, 2.05) is 17.0 Å². The number of benzene rings is 3. The number of hydrogen-bond donors (Lipinski definition) is 1. The number of halogens is 1. The topological polar surface area (TPSA) is 35.6 Å². The summed E-state index contributed by atoms with van der Waals surface area (Å²) in [5.74, 6) is 0.0350. The molecule has 4 nitrogen and oxygen atoms in total. The van der Waals surface area contributed by atoms with Crippen LogP contribution in [0.5, 0.6) is 0 Å². The molecule has 1 fully saturated rings. The van der Waals surface area contributed by atoms with E-state index in [1.165, 1.54) is 16.7 Å². The lowest BCUT2D eigenvalue weighted by Gasteiger charge is -2.43. The van der Waals surface area contributed by atoms with Crippen LogP contribution in [0, 0.1) is 0 Å². The summed E-state index contributed by atoms with van der Waals surface area (Å²) < 4.78 is 0. The Balaban J connectivity index is 1.38. The molecule has 1 atom stereocenters. The third-order valence-electron chi connectivity index (χ3n) is 6.65. The number of carbonyl (C=O) groups is 1. The van der Waals surface area contributed by atoms with Crippen molar-refractivity contribution in [3.63, 3.8) is 0 Å². The lowest BCUT2D eigenvalue weighted by atomic mass is 9.95. The molecule has 2 heterocycles. The number of rotatable bonds is 4. The minimum atomic E-state index is 0.0350. The molecule has 1 amide bonds. The fourth-order valence-corrected chi connectivity index (χ4v) is 5.29. The highest BCUT2D eigenvalue weighted by molar-refractivity contribution is 6.34. The lowest BCUT2D eigenvalue weighted by Crippen LogP contribution is -2.54. The van der Waals surface area contributed by atoms with E-state index in [9.17, 15) is 4.79 Å². The van der Waals surface area contributed by atoms with Gasteiger partial charge in [-0.3, -0.25) is 9.69 Å². The van der Waals surface area contributed by atoms with E-state index >= 15 is 0 Å². The Morgan fingerprint density at radius 3 is 2.28 bits per heavy atom. The molecule has 0 aliphatic carbocycles. The predicted octanol–water partition coefficient (Wildman–Crippen LogP) is 5.24. The minimum Gasteiger partial charge on any atom is -0.384 e. The van der Waals surface area contributed by atoms with Crippen molar-refractivity contribution < 1.29 is 4.79 Å². The molecule has 0 radical (unpaired) electrons. The second kappa shape index (κ2) is 8.97. The Labute approximate surface area is 194 Å². The van der Waals surface area contributed by atoms with Gasteiger partial charge in [0.2, 0.25) is 0 Å². The summed E-state index contributed by atoms with van der Waals surface area (Å²) in [5, 5.41) is 3.86. The molecule has 32 heavy (non-hydrogen) atoms. The zero-order chi connectivity index (χ0) is 22.1. The fraction of sp³-hybridized carbons (Fsp3) is 0.296. The van der Waals surface area contributed by atoms with Crippen LogP contribution in [0.4, 0.5) is 5.69 Å². The second-order valence-corrected chi connectivity index (χ2v) is 9.14. The highest BCUT2D eigenvalue weighted by atomic mass is 35.5. The standard InChI is InChI=1S/C27H28ClN3O/c1-19-18-30(26(20-8-4-2-5-9-20)21-10-6-3-7-11-21)14-15-31(19)27(32)23-16-22-12-13-29-25(22)17-24(23)28/h2-11,16-17,19,26,29H,12-15,18H2,1H3/t19-/m1/s1. The first-order valence-electron chi connectivity index (χ1n) is 11.3. The molecule has 0 bridgehead atoms. The minimum absolute atomic E-state index is 0.0350. The third-order valence-corrected chi connectivity index (χ3v) is 6.96. The quantitative estimate of drug-likeness (QED) is 0.596. The number of nitrogens with zero attached hydrogens (tertiary/aromatic N) is 2. The zero-order valence-electron chi connectivity index (χ0n) is 18.3. The Morgan fingerprint density at radius 1 is 1.00 bits per heavy atom. The number of nitrogens with one attached hydrogen (secondary N) is 1. The van der Waals surface area contributed by atoms with Crippen LogP contribution in [0.2, 0.25) is 5.02 Å². The van der Waals surface area contributed by atoms with Crippen LogP contribution >= 0.6 is 11.6 Å². The maximum absolute atomic E-state index is 13.4. The van der Waals surface area contributed by atoms with E-state index in [0.29, 0.717) is 17.1 Å².